The zero-order valence-corrected chi connectivity index (χ0v) is 26.5. The van der Waals surface area contributed by atoms with Gasteiger partial charge in [-0.05, 0) is 78.1 Å². The van der Waals surface area contributed by atoms with Crippen LogP contribution >= 0.6 is 11.6 Å². The topological polar surface area (TPSA) is 65.7 Å². The maximum Gasteiger partial charge on any atom is 0.282 e. The Kier molecular flexibility index (Phi) is 8.67. The van der Waals surface area contributed by atoms with Gasteiger partial charge in [-0.25, -0.2) is 4.98 Å². The molecule has 1 heterocycles. The van der Waals surface area contributed by atoms with Crippen molar-refractivity contribution in [3.63, 3.8) is 0 Å². The average Bonchev–Trinajstić information content (AvgIpc) is 3.04. The van der Waals surface area contributed by atoms with Gasteiger partial charge in [-0.1, -0.05) is 86.1 Å². The summed E-state index contributed by atoms with van der Waals surface area (Å²) in [7, 11) is 0. The third kappa shape index (κ3) is 6.06. The van der Waals surface area contributed by atoms with E-state index in [4.69, 9.17) is 31.2 Å². The van der Waals surface area contributed by atoms with Gasteiger partial charge in [0.05, 0.1) is 23.7 Å². The third-order valence-electron chi connectivity index (χ3n) is 7.85. The minimum absolute atomic E-state index is 0.198. The summed E-state index contributed by atoms with van der Waals surface area (Å²) in [6.45, 7) is 9.08. The molecule has 0 N–H and O–H groups in total. The molecule has 0 bridgehead atoms. The Morgan fingerprint density at radius 2 is 1.62 bits per heavy atom. The number of para-hydroxylation sites is 1. The molecule has 0 amide bonds. The zero-order chi connectivity index (χ0) is 31.5. The lowest BCUT2D eigenvalue weighted by Crippen LogP contribution is -2.21. The second-order valence-electron chi connectivity index (χ2n) is 11.2. The molecule has 45 heavy (non-hydrogen) atoms. The van der Waals surface area contributed by atoms with Gasteiger partial charge in [-0.15, -0.1) is 0 Å². The fourth-order valence-corrected chi connectivity index (χ4v) is 5.69. The fraction of sp³-hybridized carbons (Fsp3) is 0.184. The Hall–Kier alpha value is -4.94. The van der Waals surface area contributed by atoms with Crippen molar-refractivity contribution in [2.45, 2.75) is 40.2 Å². The molecular formula is C38H34ClN3O3. The first-order valence-electron chi connectivity index (χ1n) is 15.1. The summed E-state index contributed by atoms with van der Waals surface area (Å²) in [5.41, 5.74) is 4.76. The van der Waals surface area contributed by atoms with Crippen molar-refractivity contribution >= 4 is 39.5 Å². The Balaban J connectivity index is 1.54. The number of benzene rings is 5. The summed E-state index contributed by atoms with van der Waals surface area (Å²) < 4.78 is 13.7. The lowest BCUT2D eigenvalue weighted by atomic mass is 9.96. The number of ether oxygens (including phenoxy) is 2. The first-order chi connectivity index (χ1) is 21.9. The van der Waals surface area contributed by atoms with Gasteiger partial charge in [0.15, 0.2) is 5.82 Å². The minimum Gasteiger partial charge on any atom is -0.494 e. The molecule has 0 unspecified atom stereocenters. The van der Waals surface area contributed by atoms with E-state index < -0.39 is 0 Å². The molecule has 0 aliphatic heterocycles. The maximum absolute atomic E-state index is 14.1. The second-order valence-corrected chi connectivity index (χ2v) is 11.6. The molecule has 0 saturated carbocycles. The summed E-state index contributed by atoms with van der Waals surface area (Å²) in [5, 5.41) is 7.93. The number of nitrogens with zero attached hydrogens (tertiary/aromatic N) is 3. The monoisotopic (exact) mass is 615 g/mol. The molecule has 6 rings (SSSR count). The number of halogens is 1. The molecule has 0 fully saturated rings. The van der Waals surface area contributed by atoms with Crippen LogP contribution in [0.3, 0.4) is 0 Å². The van der Waals surface area contributed by atoms with Gasteiger partial charge in [-0.3, -0.25) is 4.79 Å². The quantitative estimate of drug-likeness (QED) is 0.152. The molecule has 0 spiro atoms. The van der Waals surface area contributed by atoms with Crippen LogP contribution in [0.15, 0.2) is 107 Å². The van der Waals surface area contributed by atoms with E-state index in [1.54, 1.807) is 12.3 Å². The van der Waals surface area contributed by atoms with E-state index in [0.29, 0.717) is 34.1 Å². The van der Waals surface area contributed by atoms with Gasteiger partial charge in [0.1, 0.15) is 18.1 Å². The highest BCUT2D eigenvalue weighted by molar-refractivity contribution is 6.31. The van der Waals surface area contributed by atoms with Crippen LogP contribution in [0.25, 0.3) is 33.1 Å². The molecule has 6 aromatic rings. The molecule has 7 heteroatoms. The van der Waals surface area contributed by atoms with Gasteiger partial charge in [-0.2, -0.15) is 9.78 Å². The van der Waals surface area contributed by atoms with E-state index in [1.165, 1.54) is 4.68 Å². The molecule has 226 valence electrons. The number of rotatable bonds is 9. The van der Waals surface area contributed by atoms with E-state index in [9.17, 15) is 4.79 Å². The Labute approximate surface area is 267 Å². The molecule has 0 aliphatic carbocycles. The number of hydrogen-bond donors (Lipinski definition) is 0. The van der Waals surface area contributed by atoms with E-state index in [1.807, 2.05) is 98.8 Å². The van der Waals surface area contributed by atoms with Gasteiger partial charge in [0.25, 0.3) is 5.56 Å². The van der Waals surface area contributed by atoms with Gasteiger partial charge >= 0.3 is 0 Å². The normalized spacial score (nSPS) is 11.6. The smallest absolute Gasteiger partial charge is 0.282 e. The van der Waals surface area contributed by atoms with Crippen molar-refractivity contribution in [1.82, 2.24) is 9.66 Å². The molecule has 1 aromatic heterocycles. The summed E-state index contributed by atoms with van der Waals surface area (Å²) in [6, 6.07) is 31.0. The first kappa shape index (κ1) is 30.1. The summed E-state index contributed by atoms with van der Waals surface area (Å²) in [6.07, 6.45) is 1.69. The highest BCUT2D eigenvalue weighted by atomic mass is 35.5. The van der Waals surface area contributed by atoms with Gasteiger partial charge < -0.3 is 9.47 Å². The van der Waals surface area contributed by atoms with Crippen LogP contribution in [-0.4, -0.2) is 22.5 Å². The number of fused-ring (bicyclic) bond motifs is 2. The lowest BCUT2D eigenvalue weighted by Gasteiger charge is -2.18. The highest BCUT2D eigenvalue weighted by Crippen LogP contribution is 2.35. The molecule has 0 aliphatic rings. The molecule has 0 atom stereocenters. The van der Waals surface area contributed by atoms with Crippen molar-refractivity contribution in [1.29, 1.82) is 0 Å². The Morgan fingerprint density at radius 1 is 0.889 bits per heavy atom. The minimum atomic E-state index is -0.259. The van der Waals surface area contributed by atoms with Crippen molar-refractivity contribution in [2.75, 3.05) is 6.61 Å². The van der Waals surface area contributed by atoms with Crippen molar-refractivity contribution in [3.05, 3.63) is 135 Å². The largest absolute Gasteiger partial charge is 0.494 e. The third-order valence-corrected chi connectivity index (χ3v) is 8.22. The van der Waals surface area contributed by atoms with Crippen molar-refractivity contribution < 1.29 is 9.47 Å². The van der Waals surface area contributed by atoms with Crippen LogP contribution < -0.4 is 15.0 Å². The standard InChI is InChI=1S/C38H34ClN3O3/c1-5-44-36-20-25(4)31(21-30(36)24(2)3)37-41-34-17-11-9-15-29(34)38(43)42(37)40-22-32-28-14-8-6-12-26(28)18-19-35(32)45-23-27-13-7-10-16-33(27)39/h6-22,24H,5,23H2,1-4H3. The highest BCUT2D eigenvalue weighted by Gasteiger charge is 2.19. The molecule has 0 saturated heterocycles. The summed E-state index contributed by atoms with van der Waals surface area (Å²) in [4.78, 5) is 19.1. The van der Waals surface area contributed by atoms with Crippen LogP contribution in [0.2, 0.25) is 5.02 Å². The maximum atomic E-state index is 14.1. The average molecular weight is 616 g/mol. The Bertz CT molecular complexity index is 2120. The second kappa shape index (κ2) is 13.0. The van der Waals surface area contributed by atoms with Crippen LogP contribution in [0.5, 0.6) is 11.5 Å². The van der Waals surface area contributed by atoms with E-state index >= 15 is 0 Å². The van der Waals surface area contributed by atoms with Crippen LogP contribution in [0.1, 0.15) is 48.9 Å². The Morgan fingerprint density at radius 3 is 2.40 bits per heavy atom. The van der Waals surface area contributed by atoms with Crippen LogP contribution in [0.4, 0.5) is 0 Å². The molecular weight excluding hydrogens is 582 g/mol. The summed E-state index contributed by atoms with van der Waals surface area (Å²) in [5.74, 6) is 2.11. The van der Waals surface area contributed by atoms with Crippen molar-refractivity contribution in [2.24, 2.45) is 5.10 Å². The predicted molar refractivity (Wildman–Crippen MR) is 184 cm³/mol. The molecule has 6 nitrogen and oxygen atoms in total. The molecule has 5 aromatic carbocycles. The molecule has 0 radical (unpaired) electrons. The number of aryl methyl sites for hydroxylation is 1. The van der Waals surface area contributed by atoms with Crippen LogP contribution in [0, 0.1) is 6.92 Å². The van der Waals surface area contributed by atoms with E-state index in [2.05, 4.69) is 19.9 Å². The lowest BCUT2D eigenvalue weighted by molar-refractivity contribution is 0.306. The zero-order valence-electron chi connectivity index (χ0n) is 25.8. The van der Waals surface area contributed by atoms with Gasteiger partial charge in [0, 0.05) is 21.7 Å². The van der Waals surface area contributed by atoms with Crippen LogP contribution in [-0.2, 0) is 6.61 Å². The van der Waals surface area contributed by atoms with E-state index in [-0.39, 0.29) is 18.1 Å². The SMILES string of the molecule is CCOc1cc(C)c(-c2nc3ccccc3c(=O)n2N=Cc2c(OCc3ccccc3Cl)ccc3ccccc23)cc1C(C)C. The number of aromatic nitrogens is 2. The number of hydrogen-bond acceptors (Lipinski definition) is 5. The van der Waals surface area contributed by atoms with Gasteiger partial charge in [0.2, 0.25) is 0 Å². The first-order valence-corrected chi connectivity index (χ1v) is 15.4. The predicted octanol–water partition coefficient (Wildman–Crippen LogP) is 9.16. The fourth-order valence-electron chi connectivity index (χ4n) is 5.50. The summed E-state index contributed by atoms with van der Waals surface area (Å²) >= 11 is 6.42. The van der Waals surface area contributed by atoms with Crippen molar-refractivity contribution in [3.8, 4) is 22.9 Å². The van der Waals surface area contributed by atoms with E-state index in [0.717, 1.165) is 44.3 Å².